The Kier molecular flexibility index (Phi) is 4.01. The summed E-state index contributed by atoms with van der Waals surface area (Å²) in [4.78, 5) is 21.5. The molecule has 1 saturated heterocycles. The lowest BCUT2D eigenvalue weighted by atomic mass is 9.81. The second-order valence-electron chi connectivity index (χ2n) is 6.37. The fourth-order valence-corrected chi connectivity index (χ4v) is 5.63. The van der Waals surface area contributed by atoms with Gasteiger partial charge >= 0.3 is 5.97 Å². The summed E-state index contributed by atoms with van der Waals surface area (Å²) in [6.07, 6.45) is 1.75. The molecule has 25 heavy (non-hydrogen) atoms. The monoisotopic (exact) mass is 365 g/mol. The van der Waals surface area contributed by atoms with Crippen molar-refractivity contribution in [1.82, 2.24) is 4.31 Å². The molecule has 1 aromatic carbocycles. The summed E-state index contributed by atoms with van der Waals surface area (Å²) in [6, 6.07) is 5.00. The molecule has 0 bridgehead atoms. The van der Waals surface area contributed by atoms with Gasteiger partial charge in [0.15, 0.2) is 0 Å². The zero-order chi connectivity index (χ0) is 18.4. The highest BCUT2D eigenvalue weighted by Gasteiger charge is 2.57. The molecule has 3 rings (SSSR count). The number of hydrogen-bond donors (Lipinski definition) is 1. The van der Waals surface area contributed by atoms with Crippen LogP contribution in [0.3, 0.4) is 0 Å². The van der Waals surface area contributed by atoms with Crippen molar-refractivity contribution in [2.45, 2.75) is 24.2 Å². The van der Waals surface area contributed by atoms with Crippen molar-refractivity contribution in [1.29, 1.82) is 5.26 Å². The minimum atomic E-state index is -4.21. The van der Waals surface area contributed by atoms with Crippen LogP contribution in [-0.4, -0.2) is 41.8 Å². The van der Waals surface area contributed by atoms with E-state index in [0.29, 0.717) is 12.8 Å². The molecular formula is C15H15N3O6S. The number of nitro groups is 1. The van der Waals surface area contributed by atoms with E-state index < -0.39 is 42.5 Å². The predicted octanol–water partition coefficient (Wildman–Crippen LogP) is 1.34. The van der Waals surface area contributed by atoms with Crippen molar-refractivity contribution in [2.75, 3.05) is 13.1 Å². The first kappa shape index (κ1) is 17.3. The van der Waals surface area contributed by atoms with E-state index in [1.54, 1.807) is 6.07 Å². The predicted molar refractivity (Wildman–Crippen MR) is 84.0 cm³/mol. The van der Waals surface area contributed by atoms with Crippen molar-refractivity contribution < 1.29 is 23.2 Å². The number of carboxylic acid groups (broad SMARTS) is 1. The molecule has 2 aliphatic rings. The number of sulfonamides is 1. The van der Waals surface area contributed by atoms with Crippen LogP contribution in [0.15, 0.2) is 23.1 Å². The number of fused-ring (bicyclic) bond motifs is 1. The first-order valence-electron chi connectivity index (χ1n) is 7.65. The number of nitriles is 1. The summed E-state index contributed by atoms with van der Waals surface area (Å²) in [5.74, 6) is -1.31. The Hall–Kier alpha value is -2.51. The van der Waals surface area contributed by atoms with E-state index in [2.05, 4.69) is 0 Å². The molecule has 1 N–H and O–H groups in total. The minimum absolute atomic E-state index is 0.0438. The summed E-state index contributed by atoms with van der Waals surface area (Å²) < 4.78 is 26.9. The van der Waals surface area contributed by atoms with Gasteiger partial charge in [0, 0.05) is 19.2 Å². The molecule has 0 radical (unpaired) electrons. The van der Waals surface area contributed by atoms with E-state index in [1.807, 2.05) is 0 Å². The zero-order valence-corrected chi connectivity index (χ0v) is 13.9. The lowest BCUT2D eigenvalue weighted by Gasteiger charge is -2.23. The Bertz CT molecular complexity index is 906. The normalized spacial score (nSPS) is 26.1. The van der Waals surface area contributed by atoms with Crippen LogP contribution in [0.25, 0.3) is 0 Å². The van der Waals surface area contributed by atoms with Gasteiger partial charge in [-0.05, 0) is 24.8 Å². The number of nitro benzene ring substituents is 1. The van der Waals surface area contributed by atoms with Gasteiger partial charge in [-0.15, -0.1) is 0 Å². The maximum Gasteiger partial charge on any atom is 0.311 e. The van der Waals surface area contributed by atoms with Gasteiger partial charge in [0.1, 0.15) is 16.5 Å². The van der Waals surface area contributed by atoms with Gasteiger partial charge < -0.3 is 5.11 Å². The number of benzene rings is 1. The number of nitrogens with zero attached hydrogens (tertiary/aromatic N) is 3. The largest absolute Gasteiger partial charge is 0.481 e. The lowest BCUT2D eigenvalue weighted by molar-refractivity contribution is -0.385. The van der Waals surface area contributed by atoms with Crippen LogP contribution >= 0.6 is 0 Å². The summed E-state index contributed by atoms with van der Waals surface area (Å²) in [5, 5.41) is 29.9. The fraction of sp³-hybridized carbons (Fsp3) is 0.467. The molecule has 1 aliphatic carbocycles. The molecule has 0 unspecified atom stereocenters. The van der Waals surface area contributed by atoms with E-state index in [0.717, 1.165) is 22.9 Å². The molecule has 0 spiro atoms. The number of carbonyl (C=O) groups is 1. The van der Waals surface area contributed by atoms with Gasteiger partial charge in [-0.2, -0.15) is 9.57 Å². The third-order valence-corrected chi connectivity index (χ3v) is 7.05. The number of hydrogen-bond acceptors (Lipinski definition) is 6. The highest BCUT2D eigenvalue weighted by molar-refractivity contribution is 7.89. The second kappa shape index (κ2) is 5.79. The molecule has 1 aliphatic heterocycles. The summed E-state index contributed by atoms with van der Waals surface area (Å²) in [5.41, 5.74) is -2.23. The van der Waals surface area contributed by atoms with Crippen molar-refractivity contribution in [3.8, 4) is 6.07 Å². The highest BCUT2D eigenvalue weighted by Crippen LogP contribution is 2.50. The number of carboxylic acids is 1. The quantitative estimate of drug-likeness (QED) is 0.626. The summed E-state index contributed by atoms with van der Waals surface area (Å²) >= 11 is 0. The third-order valence-electron chi connectivity index (χ3n) is 5.20. The van der Waals surface area contributed by atoms with Gasteiger partial charge in [0.05, 0.1) is 10.3 Å². The topological polar surface area (TPSA) is 142 Å². The first-order valence-corrected chi connectivity index (χ1v) is 9.09. The van der Waals surface area contributed by atoms with Crippen molar-refractivity contribution in [3.05, 3.63) is 33.9 Å². The van der Waals surface area contributed by atoms with Crippen molar-refractivity contribution in [2.24, 2.45) is 11.3 Å². The van der Waals surface area contributed by atoms with Crippen LogP contribution in [0.5, 0.6) is 0 Å². The van der Waals surface area contributed by atoms with Gasteiger partial charge in [-0.1, -0.05) is 12.5 Å². The van der Waals surface area contributed by atoms with Crippen LogP contribution in [0.4, 0.5) is 5.69 Å². The standard InChI is InChI=1S/C15H15N3O6S/c16-7-11-12(18(21)22)4-1-5-13(11)25(23,24)17-8-10-3-2-6-15(10,9-17)14(19)20/h1,4-5,10H,2-3,6,8-9H2,(H,19,20)/t10-,15+/m0/s1. The van der Waals surface area contributed by atoms with Crippen LogP contribution in [0.2, 0.25) is 0 Å². The smallest absolute Gasteiger partial charge is 0.311 e. The maximum atomic E-state index is 12.9. The SMILES string of the molecule is N#Cc1c([N+](=O)[O-])cccc1S(=O)(=O)N1C[C@@H]2CCC[C@@]2(C(=O)O)C1. The van der Waals surface area contributed by atoms with E-state index in [4.69, 9.17) is 0 Å². The average Bonchev–Trinajstić information content (AvgIpc) is 3.12. The number of aliphatic carboxylic acids is 1. The van der Waals surface area contributed by atoms with Gasteiger partial charge in [-0.25, -0.2) is 8.42 Å². The molecular weight excluding hydrogens is 350 g/mol. The van der Waals surface area contributed by atoms with E-state index in [9.17, 15) is 33.7 Å². The molecule has 0 amide bonds. The molecule has 132 valence electrons. The Labute approximate surface area is 143 Å². The first-order chi connectivity index (χ1) is 11.7. The lowest BCUT2D eigenvalue weighted by Crippen LogP contribution is -2.37. The molecule has 2 fully saturated rings. The third kappa shape index (κ3) is 2.47. The van der Waals surface area contributed by atoms with Crippen LogP contribution in [0, 0.1) is 32.8 Å². The van der Waals surface area contributed by atoms with Crippen LogP contribution < -0.4 is 0 Å². The van der Waals surface area contributed by atoms with Crippen molar-refractivity contribution in [3.63, 3.8) is 0 Å². The zero-order valence-electron chi connectivity index (χ0n) is 13.1. The molecule has 1 heterocycles. The Balaban J connectivity index is 2.05. The summed E-state index contributed by atoms with van der Waals surface area (Å²) in [6.45, 7) is -0.134. The Morgan fingerprint density at radius 2 is 2.20 bits per heavy atom. The molecule has 1 saturated carbocycles. The van der Waals surface area contributed by atoms with E-state index in [1.165, 1.54) is 6.07 Å². The second-order valence-corrected chi connectivity index (χ2v) is 8.27. The summed E-state index contributed by atoms with van der Waals surface area (Å²) in [7, 11) is -4.21. The highest BCUT2D eigenvalue weighted by atomic mass is 32.2. The van der Waals surface area contributed by atoms with Gasteiger partial charge in [-0.3, -0.25) is 14.9 Å². The molecule has 10 heteroatoms. The number of rotatable bonds is 4. The van der Waals surface area contributed by atoms with Crippen LogP contribution in [-0.2, 0) is 14.8 Å². The minimum Gasteiger partial charge on any atom is -0.481 e. The Morgan fingerprint density at radius 3 is 2.76 bits per heavy atom. The Morgan fingerprint density at radius 1 is 1.48 bits per heavy atom. The van der Waals surface area contributed by atoms with Gasteiger partial charge in [0.2, 0.25) is 10.0 Å². The molecule has 9 nitrogen and oxygen atoms in total. The molecule has 2 atom stereocenters. The van der Waals surface area contributed by atoms with E-state index in [-0.39, 0.29) is 19.0 Å². The van der Waals surface area contributed by atoms with Crippen LogP contribution in [0.1, 0.15) is 24.8 Å². The maximum absolute atomic E-state index is 12.9. The average molecular weight is 365 g/mol. The fourth-order valence-electron chi connectivity index (χ4n) is 3.91. The molecule has 1 aromatic rings. The van der Waals surface area contributed by atoms with Crippen molar-refractivity contribution >= 4 is 21.7 Å². The molecule has 0 aromatic heterocycles. The van der Waals surface area contributed by atoms with E-state index >= 15 is 0 Å². The van der Waals surface area contributed by atoms with Gasteiger partial charge in [0.25, 0.3) is 5.69 Å².